The lowest BCUT2D eigenvalue weighted by Gasteiger charge is -2.11. The third-order valence-corrected chi connectivity index (χ3v) is 3.54. The van der Waals surface area contributed by atoms with Gasteiger partial charge in [0.15, 0.2) is 0 Å². The minimum Gasteiger partial charge on any atom is -0.489 e. The Labute approximate surface area is 140 Å². The van der Waals surface area contributed by atoms with Crippen LogP contribution in [0.5, 0.6) is 5.75 Å². The van der Waals surface area contributed by atoms with Crippen LogP contribution in [0.4, 0.5) is 0 Å². The lowest BCUT2D eigenvalue weighted by Crippen LogP contribution is -2.05. The lowest BCUT2D eigenvalue weighted by molar-refractivity contribution is 0.242. The number of nitrogens with zero attached hydrogens (tertiary/aromatic N) is 1. The zero-order valence-electron chi connectivity index (χ0n) is 12.3. The average Bonchev–Trinajstić information content (AvgIpc) is 2.48. The van der Waals surface area contributed by atoms with Crippen LogP contribution in [-0.2, 0) is 0 Å². The van der Waals surface area contributed by atoms with Crippen molar-refractivity contribution in [1.82, 2.24) is 0 Å². The molecule has 4 heteroatoms. The fourth-order valence-electron chi connectivity index (χ4n) is 1.97. The molecule has 0 bridgehead atoms. The van der Waals surface area contributed by atoms with Crippen molar-refractivity contribution in [1.29, 1.82) is 5.26 Å². The summed E-state index contributed by atoms with van der Waals surface area (Å²) in [7, 11) is 0. The molecule has 22 heavy (non-hydrogen) atoms. The predicted molar refractivity (Wildman–Crippen MR) is 92.2 cm³/mol. The molecule has 2 aromatic carbocycles. The number of allylic oxidation sites excluding steroid dienone is 1. The van der Waals surface area contributed by atoms with Crippen molar-refractivity contribution in [3.05, 3.63) is 63.6 Å². The molecular formula is C18H15Cl2NO. The highest BCUT2D eigenvalue weighted by Gasteiger charge is 2.08. The Bertz CT molecular complexity index is 745. The molecule has 112 valence electrons. The number of rotatable bonds is 4. The molecule has 0 aliphatic carbocycles. The normalized spacial score (nSPS) is 11.4. The van der Waals surface area contributed by atoms with Crippen LogP contribution in [-0.4, -0.2) is 6.10 Å². The molecule has 2 aromatic rings. The van der Waals surface area contributed by atoms with Crippen LogP contribution in [0.25, 0.3) is 11.6 Å². The maximum atomic E-state index is 9.37. The third-order valence-electron chi connectivity index (χ3n) is 2.91. The summed E-state index contributed by atoms with van der Waals surface area (Å²) in [4.78, 5) is 0. The summed E-state index contributed by atoms with van der Waals surface area (Å²) in [5.74, 6) is 0.630. The molecule has 0 atom stereocenters. The summed E-state index contributed by atoms with van der Waals surface area (Å²) < 4.78 is 5.60. The Morgan fingerprint density at radius 3 is 2.45 bits per heavy atom. The van der Waals surface area contributed by atoms with Crippen molar-refractivity contribution in [3.63, 3.8) is 0 Å². The Balaban J connectivity index is 2.37. The van der Waals surface area contributed by atoms with E-state index in [4.69, 9.17) is 27.9 Å². The molecule has 0 aliphatic heterocycles. The highest BCUT2D eigenvalue weighted by molar-refractivity contribution is 6.33. The third kappa shape index (κ3) is 4.04. The number of halogens is 2. The molecule has 0 aliphatic rings. The van der Waals surface area contributed by atoms with Gasteiger partial charge in [-0.3, -0.25) is 0 Å². The smallest absolute Gasteiger partial charge is 0.138 e. The van der Waals surface area contributed by atoms with E-state index in [0.29, 0.717) is 26.9 Å². The van der Waals surface area contributed by atoms with E-state index in [1.54, 1.807) is 24.3 Å². The standard InChI is InChI=1S/C18H15Cl2NO/c1-12(2)22-18-8-7-13(10-17(18)20)9-14(11-21)15-5-3-4-6-16(15)19/h3-10,12H,1-2H3. The zero-order valence-corrected chi connectivity index (χ0v) is 13.8. The second kappa shape index (κ2) is 7.35. The molecule has 2 rings (SSSR count). The van der Waals surface area contributed by atoms with E-state index in [9.17, 15) is 5.26 Å². The monoisotopic (exact) mass is 331 g/mol. The predicted octanol–water partition coefficient (Wildman–Crippen LogP) is 5.84. The van der Waals surface area contributed by atoms with Gasteiger partial charge >= 0.3 is 0 Å². The summed E-state index contributed by atoms with van der Waals surface area (Å²) >= 11 is 12.4. The van der Waals surface area contributed by atoms with E-state index in [-0.39, 0.29) is 6.10 Å². The second-order valence-corrected chi connectivity index (χ2v) is 5.82. The summed E-state index contributed by atoms with van der Waals surface area (Å²) in [5.41, 5.74) is 2.00. The Kier molecular flexibility index (Phi) is 5.49. The summed E-state index contributed by atoms with van der Waals surface area (Å²) in [5, 5.41) is 10.4. The largest absolute Gasteiger partial charge is 0.489 e. The lowest BCUT2D eigenvalue weighted by atomic mass is 10.0. The van der Waals surface area contributed by atoms with Gasteiger partial charge in [-0.25, -0.2) is 0 Å². The first kappa shape index (κ1) is 16.4. The Morgan fingerprint density at radius 1 is 1.14 bits per heavy atom. The van der Waals surface area contributed by atoms with Crippen molar-refractivity contribution in [3.8, 4) is 11.8 Å². The van der Waals surface area contributed by atoms with E-state index in [1.807, 2.05) is 38.1 Å². The molecule has 0 amide bonds. The average molecular weight is 332 g/mol. The first-order chi connectivity index (χ1) is 10.5. The van der Waals surface area contributed by atoms with Gasteiger partial charge in [-0.1, -0.05) is 47.5 Å². The molecular weight excluding hydrogens is 317 g/mol. The van der Waals surface area contributed by atoms with Gasteiger partial charge in [0.2, 0.25) is 0 Å². The van der Waals surface area contributed by atoms with Crippen molar-refractivity contribution in [2.75, 3.05) is 0 Å². The van der Waals surface area contributed by atoms with Crippen LogP contribution in [0.2, 0.25) is 10.0 Å². The van der Waals surface area contributed by atoms with E-state index in [2.05, 4.69) is 6.07 Å². The maximum Gasteiger partial charge on any atom is 0.138 e. The first-order valence-electron chi connectivity index (χ1n) is 6.84. The molecule has 0 saturated carbocycles. The van der Waals surface area contributed by atoms with Crippen molar-refractivity contribution < 1.29 is 4.74 Å². The summed E-state index contributed by atoms with van der Waals surface area (Å²) in [6.07, 6.45) is 1.81. The quantitative estimate of drug-likeness (QED) is 0.520. The van der Waals surface area contributed by atoms with E-state index in [1.165, 1.54) is 0 Å². The topological polar surface area (TPSA) is 33.0 Å². The number of hydrogen-bond acceptors (Lipinski definition) is 2. The summed E-state index contributed by atoms with van der Waals surface area (Å²) in [6.45, 7) is 3.88. The van der Waals surface area contributed by atoms with Crippen LogP contribution in [0.15, 0.2) is 42.5 Å². The first-order valence-corrected chi connectivity index (χ1v) is 7.59. The number of ether oxygens (including phenoxy) is 1. The number of nitriles is 1. The van der Waals surface area contributed by atoms with Gasteiger partial charge in [-0.2, -0.15) is 5.26 Å². The fourth-order valence-corrected chi connectivity index (χ4v) is 2.44. The van der Waals surface area contributed by atoms with Gasteiger partial charge in [-0.15, -0.1) is 0 Å². The SMILES string of the molecule is CC(C)Oc1ccc(C=C(C#N)c2ccccc2Cl)cc1Cl. The van der Waals surface area contributed by atoms with Crippen LogP contribution >= 0.6 is 23.2 Å². The van der Waals surface area contributed by atoms with Gasteiger partial charge in [0, 0.05) is 10.6 Å². The maximum absolute atomic E-state index is 9.37. The second-order valence-electron chi connectivity index (χ2n) is 5.01. The van der Waals surface area contributed by atoms with Crippen molar-refractivity contribution in [2.45, 2.75) is 20.0 Å². The van der Waals surface area contributed by atoms with Crippen molar-refractivity contribution in [2.24, 2.45) is 0 Å². The van der Waals surface area contributed by atoms with Gasteiger partial charge < -0.3 is 4.74 Å². The molecule has 0 unspecified atom stereocenters. The molecule has 0 heterocycles. The fraction of sp³-hybridized carbons (Fsp3) is 0.167. The van der Waals surface area contributed by atoms with Crippen LogP contribution in [0.3, 0.4) is 0 Å². The molecule has 0 fully saturated rings. The summed E-state index contributed by atoms with van der Waals surface area (Å²) in [6, 6.07) is 14.9. The molecule has 0 aromatic heterocycles. The molecule has 0 radical (unpaired) electrons. The van der Waals surface area contributed by atoms with E-state index in [0.717, 1.165) is 5.56 Å². The molecule has 2 nitrogen and oxygen atoms in total. The minimum atomic E-state index is 0.0525. The highest BCUT2D eigenvalue weighted by Crippen LogP contribution is 2.29. The zero-order chi connectivity index (χ0) is 16.1. The van der Waals surface area contributed by atoms with Gasteiger partial charge in [-0.05, 0) is 43.7 Å². The minimum absolute atomic E-state index is 0.0525. The van der Waals surface area contributed by atoms with Gasteiger partial charge in [0.1, 0.15) is 5.75 Å². The number of hydrogen-bond donors (Lipinski definition) is 0. The van der Waals surface area contributed by atoms with Crippen molar-refractivity contribution >= 4 is 34.9 Å². The Morgan fingerprint density at radius 2 is 1.86 bits per heavy atom. The van der Waals surface area contributed by atoms with Crippen LogP contribution in [0.1, 0.15) is 25.0 Å². The van der Waals surface area contributed by atoms with Gasteiger partial charge in [0.25, 0.3) is 0 Å². The van der Waals surface area contributed by atoms with E-state index < -0.39 is 0 Å². The van der Waals surface area contributed by atoms with Gasteiger partial charge in [0.05, 0.1) is 22.8 Å². The number of benzene rings is 2. The highest BCUT2D eigenvalue weighted by atomic mass is 35.5. The Hall–Kier alpha value is -1.95. The molecule has 0 saturated heterocycles. The molecule has 0 N–H and O–H groups in total. The van der Waals surface area contributed by atoms with E-state index >= 15 is 0 Å². The van der Waals surface area contributed by atoms with Crippen LogP contribution < -0.4 is 4.74 Å². The molecule has 0 spiro atoms. The van der Waals surface area contributed by atoms with Crippen LogP contribution in [0, 0.1) is 11.3 Å².